The quantitative estimate of drug-likeness (QED) is 0.699. The Kier molecular flexibility index (Phi) is 5.54. The second-order valence-corrected chi connectivity index (χ2v) is 4.80. The van der Waals surface area contributed by atoms with E-state index < -0.39 is 5.97 Å². The minimum atomic E-state index is -0.391. The summed E-state index contributed by atoms with van der Waals surface area (Å²) in [6.07, 6.45) is 0.427. The lowest BCUT2D eigenvalue weighted by molar-refractivity contribution is -0.115. The number of anilines is 1. The summed E-state index contributed by atoms with van der Waals surface area (Å²) in [4.78, 5) is 22.9. The third-order valence-electron chi connectivity index (χ3n) is 3.10. The van der Waals surface area contributed by atoms with Crippen molar-refractivity contribution in [1.29, 1.82) is 0 Å². The van der Waals surface area contributed by atoms with Crippen molar-refractivity contribution in [2.45, 2.75) is 13.3 Å². The molecule has 2 aromatic rings. The van der Waals surface area contributed by atoms with Crippen LogP contribution in [0.15, 0.2) is 48.5 Å². The maximum atomic E-state index is 11.5. The van der Waals surface area contributed by atoms with Crippen LogP contribution in [0, 0.1) is 11.8 Å². The molecular formula is C19H17NO3. The molecule has 2 aromatic carbocycles. The van der Waals surface area contributed by atoms with Gasteiger partial charge >= 0.3 is 5.97 Å². The van der Waals surface area contributed by atoms with E-state index in [0.29, 0.717) is 17.7 Å². The van der Waals surface area contributed by atoms with Crippen molar-refractivity contribution in [3.8, 4) is 11.8 Å². The van der Waals surface area contributed by atoms with Gasteiger partial charge in [-0.3, -0.25) is 4.79 Å². The molecule has 0 saturated carbocycles. The number of hydrogen-bond donors (Lipinski definition) is 1. The van der Waals surface area contributed by atoms with Crippen molar-refractivity contribution in [2.24, 2.45) is 0 Å². The van der Waals surface area contributed by atoms with Gasteiger partial charge < -0.3 is 10.1 Å². The Morgan fingerprint density at radius 3 is 2.35 bits per heavy atom. The molecule has 0 aromatic heterocycles. The highest BCUT2D eigenvalue weighted by Crippen LogP contribution is 2.11. The Morgan fingerprint density at radius 2 is 1.70 bits per heavy atom. The van der Waals surface area contributed by atoms with Crippen LogP contribution in [0.25, 0.3) is 0 Å². The Hall–Kier alpha value is -3.06. The van der Waals surface area contributed by atoms with Crippen molar-refractivity contribution in [3.05, 3.63) is 65.2 Å². The third kappa shape index (κ3) is 4.72. The van der Waals surface area contributed by atoms with E-state index in [1.165, 1.54) is 7.11 Å². The molecule has 1 N–H and O–H groups in total. The maximum Gasteiger partial charge on any atom is 0.337 e. The molecule has 0 heterocycles. The molecule has 2 rings (SSSR count). The predicted octanol–water partition coefficient (Wildman–Crippen LogP) is 3.22. The van der Waals surface area contributed by atoms with Crippen LogP contribution in [0.1, 0.15) is 34.8 Å². The number of methoxy groups -OCH3 is 1. The number of benzene rings is 2. The normalized spacial score (nSPS) is 9.48. The lowest BCUT2D eigenvalue weighted by atomic mass is 10.1. The summed E-state index contributed by atoms with van der Waals surface area (Å²) >= 11 is 0. The smallest absolute Gasteiger partial charge is 0.337 e. The molecular weight excluding hydrogens is 290 g/mol. The molecule has 0 atom stereocenters. The van der Waals surface area contributed by atoms with Crippen molar-refractivity contribution >= 4 is 17.6 Å². The van der Waals surface area contributed by atoms with Gasteiger partial charge in [-0.15, -0.1) is 0 Å². The number of carbonyl (C=O) groups is 2. The lowest BCUT2D eigenvalue weighted by Gasteiger charge is -2.03. The summed E-state index contributed by atoms with van der Waals surface area (Å²) in [5.41, 5.74) is 2.67. The first-order chi connectivity index (χ1) is 11.1. The second-order valence-electron chi connectivity index (χ2n) is 4.80. The first kappa shape index (κ1) is 16.3. The van der Waals surface area contributed by atoms with Gasteiger partial charge in [0.2, 0.25) is 5.91 Å². The van der Waals surface area contributed by atoms with Crippen LogP contribution in [0.5, 0.6) is 0 Å². The zero-order chi connectivity index (χ0) is 16.7. The molecule has 23 heavy (non-hydrogen) atoms. The number of esters is 1. The molecule has 0 bridgehead atoms. The van der Waals surface area contributed by atoms with Crippen LogP contribution in [-0.2, 0) is 9.53 Å². The number of carbonyl (C=O) groups excluding carboxylic acids is 2. The third-order valence-corrected chi connectivity index (χ3v) is 3.10. The fraction of sp³-hybridized carbons (Fsp3) is 0.158. The van der Waals surface area contributed by atoms with E-state index in [2.05, 4.69) is 17.2 Å². The van der Waals surface area contributed by atoms with Gasteiger partial charge in [0.25, 0.3) is 0 Å². The van der Waals surface area contributed by atoms with Gasteiger partial charge in [0.15, 0.2) is 0 Å². The van der Waals surface area contributed by atoms with Crippen LogP contribution >= 0.6 is 0 Å². The second kappa shape index (κ2) is 7.81. The number of hydrogen-bond acceptors (Lipinski definition) is 3. The molecule has 1 amide bonds. The average Bonchev–Trinajstić information content (AvgIpc) is 2.59. The molecule has 4 nitrogen and oxygen atoms in total. The minimum Gasteiger partial charge on any atom is -0.465 e. The van der Waals surface area contributed by atoms with Gasteiger partial charge in [-0.2, -0.15) is 0 Å². The zero-order valence-corrected chi connectivity index (χ0v) is 13.1. The van der Waals surface area contributed by atoms with Gasteiger partial charge in [0, 0.05) is 23.2 Å². The number of amides is 1. The highest BCUT2D eigenvalue weighted by molar-refractivity contribution is 5.90. The molecule has 4 heteroatoms. The summed E-state index contributed by atoms with van der Waals surface area (Å²) in [5, 5.41) is 2.79. The number of rotatable bonds is 3. The van der Waals surface area contributed by atoms with Crippen molar-refractivity contribution in [1.82, 2.24) is 0 Å². The first-order valence-electron chi connectivity index (χ1n) is 7.22. The van der Waals surface area contributed by atoms with Gasteiger partial charge in [-0.05, 0) is 36.4 Å². The van der Waals surface area contributed by atoms with Crippen molar-refractivity contribution in [2.75, 3.05) is 12.4 Å². The zero-order valence-electron chi connectivity index (χ0n) is 13.1. The summed E-state index contributed by atoms with van der Waals surface area (Å²) in [6, 6.07) is 14.3. The molecule has 0 aliphatic rings. The van der Waals surface area contributed by atoms with Crippen LogP contribution in [0.3, 0.4) is 0 Å². The van der Waals surface area contributed by atoms with E-state index >= 15 is 0 Å². The average molecular weight is 307 g/mol. The van der Waals surface area contributed by atoms with E-state index in [-0.39, 0.29) is 5.91 Å². The van der Waals surface area contributed by atoms with E-state index in [9.17, 15) is 9.59 Å². The molecule has 0 radical (unpaired) electrons. The van der Waals surface area contributed by atoms with Gasteiger partial charge in [0.1, 0.15) is 0 Å². The van der Waals surface area contributed by atoms with Crippen molar-refractivity contribution in [3.63, 3.8) is 0 Å². The Balaban J connectivity index is 2.20. The van der Waals surface area contributed by atoms with Crippen LogP contribution in [0.4, 0.5) is 5.69 Å². The Bertz CT molecular complexity index is 784. The van der Waals surface area contributed by atoms with Crippen molar-refractivity contribution < 1.29 is 14.3 Å². The molecule has 0 saturated heterocycles. The van der Waals surface area contributed by atoms with Crippen LogP contribution in [0.2, 0.25) is 0 Å². The fourth-order valence-electron chi connectivity index (χ4n) is 1.91. The summed E-state index contributed by atoms with van der Waals surface area (Å²) < 4.78 is 4.69. The topological polar surface area (TPSA) is 55.4 Å². The van der Waals surface area contributed by atoms with Gasteiger partial charge in [0.05, 0.1) is 12.7 Å². The van der Waals surface area contributed by atoms with Crippen LogP contribution in [-0.4, -0.2) is 19.0 Å². The molecule has 116 valence electrons. The Morgan fingerprint density at radius 1 is 1.04 bits per heavy atom. The Labute approximate surface area is 135 Å². The number of nitrogens with one attached hydrogen (secondary N) is 1. The van der Waals surface area contributed by atoms with Crippen LogP contribution < -0.4 is 5.32 Å². The van der Waals surface area contributed by atoms with E-state index in [4.69, 9.17) is 4.74 Å². The maximum absolute atomic E-state index is 11.5. The fourth-order valence-corrected chi connectivity index (χ4v) is 1.91. The molecule has 0 aliphatic heterocycles. The number of ether oxygens (including phenoxy) is 1. The summed E-state index contributed by atoms with van der Waals surface area (Å²) in [7, 11) is 1.34. The first-order valence-corrected chi connectivity index (χ1v) is 7.22. The lowest BCUT2D eigenvalue weighted by Crippen LogP contribution is -2.09. The highest BCUT2D eigenvalue weighted by Gasteiger charge is 2.04. The largest absolute Gasteiger partial charge is 0.465 e. The van der Waals surface area contributed by atoms with E-state index in [0.717, 1.165) is 11.1 Å². The SMILES string of the molecule is CCC(=O)Nc1cccc(C#Cc2cccc(C(=O)OC)c2)c1. The van der Waals surface area contributed by atoms with E-state index in [1.54, 1.807) is 25.1 Å². The van der Waals surface area contributed by atoms with Gasteiger partial charge in [-0.25, -0.2) is 4.79 Å². The minimum absolute atomic E-state index is 0.0408. The highest BCUT2D eigenvalue weighted by atomic mass is 16.5. The van der Waals surface area contributed by atoms with E-state index in [1.807, 2.05) is 30.3 Å². The molecule has 0 fully saturated rings. The molecule has 0 aliphatic carbocycles. The summed E-state index contributed by atoms with van der Waals surface area (Å²) in [6.45, 7) is 1.80. The standard InChI is InChI=1S/C19H17NO3/c1-3-18(21)20-17-9-5-7-15(13-17)11-10-14-6-4-8-16(12-14)19(22)23-2/h4-9,12-13H,3H2,1-2H3,(H,20,21). The summed E-state index contributed by atoms with van der Waals surface area (Å²) in [5.74, 6) is 5.60. The predicted molar refractivity (Wildman–Crippen MR) is 89.1 cm³/mol. The molecule has 0 spiro atoms. The monoisotopic (exact) mass is 307 g/mol. The molecule has 0 unspecified atom stereocenters. The van der Waals surface area contributed by atoms with Gasteiger partial charge in [-0.1, -0.05) is 30.9 Å².